The Morgan fingerprint density at radius 2 is 2.00 bits per heavy atom. The van der Waals surface area contributed by atoms with Crippen molar-refractivity contribution in [2.24, 2.45) is 11.7 Å². The number of hydrogen-bond acceptors (Lipinski definition) is 3. The zero-order valence-electron chi connectivity index (χ0n) is 12.2. The molecule has 0 spiro atoms. The molecule has 0 radical (unpaired) electrons. The van der Waals surface area contributed by atoms with Gasteiger partial charge < -0.3 is 15.8 Å². The summed E-state index contributed by atoms with van der Waals surface area (Å²) >= 11 is 6.16. The highest BCUT2D eigenvalue weighted by Gasteiger charge is 2.28. The molecule has 1 unspecified atom stereocenters. The van der Waals surface area contributed by atoms with E-state index in [-0.39, 0.29) is 18.6 Å². The summed E-state index contributed by atoms with van der Waals surface area (Å²) in [5, 5.41) is 5.30. The van der Waals surface area contributed by atoms with E-state index in [1.165, 1.54) is 12.8 Å². The molecule has 1 aliphatic rings. The molecule has 1 saturated carbocycles. The Bertz CT molecular complexity index is 685. The van der Waals surface area contributed by atoms with Gasteiger partial charge in [0.2, 0.25) is 0 Å². The molecule has 3 N–H and O–H groups in total. The van der Waals surface area contributed by atoms with Gasteiger partial charge in [-0.15, -0.1) is 0 Å². The molecule has 1 fully saturated rings. The number of nitrogens with two attached hydrogens (primary N) is 1. The van der Waals surface area contributed by atoms with Crippen LogP contribution in [0, 0.1) is 5.92 Å². The van der Waals surface area contributed by atoms with Gasteiger partial charge in [0.1, 0.15) is 5.75 Å². The number of ether oxygens (including phenoxy) is 1. The van der Waals surface area contributed by atoms with E-state index in [0.29, 0.717) is 23.2 Å². The maximum absolute atomic E-state index is 11.8. The number of nitrogens with one attached hydrogen (secondary N) is 1. The minimum Gasteiger partial charge on any atom is -0.483 e. The minimum atomic E-state index is -0.157. The normalized spacial score (nSPS) is 15.5. The number of benzene rings is 2. The van der Waals surface area contributed by atoms with Crippen LogP contribution >= 0.6 is 11.6 Å². The van der Waals surface area contributed by atoms with Gasteiger partial charge in [-0.3, -0.25) is 4.79 Å². The Hall–Kier alpha value is -1.78. The number of amides is 1. The van der Waals surface area contributed by atoms with E-state index in [2.05, 4.69) is 5.32 Å². The molecule has 22 heavy (non-hydrogen) atoms. The van der Waals surface area contributed by atoms with Gasteiger partial charge in [-0.1, -0.05) is 35.9 Å². The van der Waals surface area contributed by atoms with Crippen LogP contribution in [0.5, 0.6) is 5.75 Å². The second-order valence-corrected chi connectivity index (χ2v) is 6.09. The minimum absolute atomic E-state index is 0.0248. The lowest BCUT2D eigenvalue weighted by molar-refractivity contribution is -0.123. The first-order valence-corrected chi connectivity index (χ1v) is 7.85. The Labute approximate surface area is 134 Å². The van der Waals surface area contributed by atoms with Crippen molar-refractivity contribution < 1.29 is 9.53 Å². The number of fused-ring (bicyclic) bond motifs is 1. The molecule has 2 aromatic rings. The molecular formula is C17H19ClN2O2. The van der Waals surface area contributed by atoms with Gasteiger partial charge in [0.05, 0.1) is 0 Å². The Morgan fingerprint density at radius 3 is 2.73 bits per heavy atom. The van der Waals surface area contributed by atoms with Crippen LogP contribution in [0.15, 0.2) is 36.4 Å². The summed E-state index contributed by atoms with van der Waals surface area (Å²) < 4.78 is 5.63. The fourth-order valence-electron chi connectivity index (χ4n) is 2.48. The molecule has 0 bridgehead atoms. The van der Waals surface area contributed by atoms with Crippen LogP contribution in [0.4, 0.5) is 0 Å². The van der Waals surface area contributed by atoms with Gasteiger partial charge in [0, 0.05) is 28.4 Å². The zero-order chi connectivity index (χ0) is 15.5. The first-order chi connectivity index (χ1) is 10.6. The lowest BCUT2D eigenvalue weighted by atomic mass is 10.1. The number of carbonyl (C=O) groups is 1. The first kappa shape index (κ1) is 15.1. The van der Waals surface area contributed by atoms with Crippen LogP contribution in [-0.4, -0.2) is 25.1 Å². The summed E-state index contributed by atoms with van der Waals surface area (Å²) in [4.78, 5) is 11.8. The van der Waals surface area contributed by atoms with E-state index in [9.17, 15) is 4.79 Å². The molecule has 0 heterocycles. The van der Waals surface area contributed by atoms with Crippen molar-refractivity contribution in [2.75, 3.05) is 13.2 Å². The summed E-state index contributed by atoms with van der Waals surface area (Å²) in [6.45, 7) is 0.483. The molecule has 0 aliphatic heterocycles. The molecule has 2 aromatic carbocycles. The number of rotatable bonds is 6. The Morgan fingerprint density at radius 1 is 1.27 bits per heavy atom. The van der Waals surface area contributed by atoms with Crippen molar-refractivity contribution in [3.05, 3.63) is 41.4 Å². The van der Waals surface area contributed by atoms with E-state index < -0.39 is 0 Å². The standard InChI is InChI=1S/C17H19ClN2O2/c18-14-7-8-16(13-4-2-1-3-12(13)14)22-10-17(21)20-9-15(19)11-5-6-11/h1-4,7-8,11,15H,5-6,9-10,19H2,(H,20,21). The lowest BCUT2D eigenvalue weighted by Crippen LogP contribution is -2.40. The maximum atomic E-state index is 11.8. The molecular weight excluding hydrogens is 300 g/mol. The van der Waals surface area contributed by atoms with E-state index >= 15 is 0 Å². The van der Waals surface area contributed by atoms with Gasteiger partial charge in [-0.05, 0) is 30.9 Å². The molecule has 3 rings (SSSR count). The van der Waals surface area contributed by atoms with Crippen molar-refractivity contribution in [1.29, 1.82) is 0 Å². The van der Waals surface area contributed by atoms with Gasteiger partial charge in [-0.25, -0.2) is 0 Å². The molecule has 1 atom stereocenters. The van der Waals surface area contributed by atoms with Gasteiger partial charge in [0.15, 0.2) is 6.61 Å². The second-order valence-electron chi connectivity index (χ2n) is 5.69. The van der Waals surface area contributed by atoms with Crippen molar-refractivity contribution in [3.63, 3.8) is 0 Å². The monoisotopic (exact) mass is 318 g/mol. The summed E-state index contributed by atoms with van der Waals surface area (Å²) in [6.07, 6.45) is 2.34. The summed E-state index contributed by atoms with van der Waals surface area (Å²) in [5.41, 5.74) is 5.96. The van der Waals surface area contributed by atoms with Crippen LogP contribution in [0.1, 0.15) is 12.8 Å². The Kier molecular flexibility index (Phi) is 4.50. The molecule has 5 heteroatoms. The Balaban J connectivity index is 1.59. The van der Waals surface area contributed by atoms with Crippen LogP contribution in [-0.2, 0) is 4.79 Å². The number of hydrogen-bond donors (Lipinski definition) is 2. The molecule has 1 amide bonds. The van der Waals surface area contributed by atoms with Crippen molar-refractivity contribution in [2.45, 2.75) is 18.9 Å². The van der Waals surface area contributed by atoms with E-state index in [4.69, 9.17) is 22.1 Å². The average Bonchev–Trinajstić information content (AvgIpc) is 3.37. The summed E-state index contributed by atoms with van der Waals surface area (Å²) in [6, 6.07) is 11.3. The number of halogens is 1. The van der Waals surface area contributed by atoms with Crippen LogP contribution in [0.2, 0.25) is 5.02 Å². The summed E-state index contributed by atoms with van der Waals surface area (Å²) in [5.74, 6) is 1.07. The molecule has 0 saturated heterocycles. The van der Waals surface area contributed by atoms with E-state index in [1.807, 2.05) is 24.3 Å². The van der Waals surface area contributed by atoms with Crippen LogP contribution in [0.3, 0.4) is 0 Å². The van der Waals surface area contributed by atoms with E-state index in [0.717, 1.165) is 10.8 Å². The van der Waals surface area contributed by atoms with Crippen LogP contribution in [0.25, 0.3) is 10.8 Å². The maximum Gasteiger partial charge on any atom is 0.257 e. The third kappa shape index (κ3) is 3.51. The van der Waals surface area contributed by atoms with Crippen LogP contribution < -0.4 is 15.8 Å². The lowest BCUT2D eigenvalue weighted by Gasteiger charge is -2.13. The fraction of sp³-hybridized carbons (Fsp3) is 0.353. The van der Waals surface area contributed by atoms with Crippen molar-refractivity contribution in [1.82, 2.24) is 5.32 Å². The van der Waals surface area contributed by atoms with Gasteiger partial charge in [0.25, 0.3) is 5.91 Å². The smallest absolute Gasteiger partial charge is 0.257 e. The highest BCUT2D eigenvalue weighted by molar-refractivity contribution is 6.35. The van der Waals surface area contributed by atoms with Gasteiger partial charge >= 0.3 is 0 Å². The summed E-state index contributed by atoms with van der Waals surface area (Å²) in [7, 11) is 0. The average molecular weight is 319 g/mol. The highest BCUT2D eigenvalue weighted by atomic mass is 35.5. The predicted octanol–water partition coefficient (Wildman–Crippen LogP) is 2.73. The SMILES string of the molecule is NC(CNC(=O)COc1ccc(Cl)c2ccccc12)C1CC1. The molecule has 1 aliphatic carbocycles. The number of carbonyl (C=O) groups excluding carboxylic acids is 1. The topological polar surface area (TPSA) is 64.3 Å². The molecule has 4 nitrogen and oxygen atoms in total. The molecule has 0 aromatic heterocycles. The molecule has 116 valence electrons. The fourth-order valence-corrected chi connectivity index (χ4v) is 2.71. The van der Waals surface area contributed by atoms with Crippen molar-refractivity contribution in [3.8, 4) is 5.75 Å². The van der Waals surface area contributed by atoms with Crippen molar-refractivity contribution >= 4 is 28.3 Å². The zero-order valence-corrected chi connectivity index (χ0v) is 13.0. The third-order valence-electron chi connectivity index (χ3n) is 3.95. The second kappa shape index (κ2) is 6.55. The van der Waals surface area contributed by atoms with Gasteiger partial charge in [-0.2, -0.15) is 0 Å². The third-order valence-corrected chi connectivity index (χ3v) is 4.28. The largest absolute Gasteiger partial charge is 0.483 e. The highest BCUT2D eigenvalue weighted by Crippen LogP contribution is 2.32. The predicted molar refractivity (Wildman–Crippen MR) is 88.2 cm³/mol. The first-order valence-electron chi connectivity index (χ1n) is 7.47. The van der Waals surface area contributed by atoms with E-state index in [1.54, 1.807) is 12.1 Å². The quantitative estimate of drug-likeness (QED) is 0.860.